The van der Waals surface area contributed by atoms with E-state index in [0.29, 0.717) is 15.4 Å². The van der Waals surface area contributed by atoms with Crippen LogP contribution in [0.4, 0.5) is 11.5 Å². The van der Waals surface area contributed by atoms with E-state index in [1.54, 1.807) is 0 Å². The van der Waals surface area contributed by atoms with Gasteiger partial charge >= 0.3 is 0 Å². The highest BCUT2D eigenvalue weighted by molar-refractivity contribution is 9.10. The van der Waals surface area contributed by atoms with Gasteiger partial charge in [-0.15, -0.1) is 0 Å². The van der Waals surface area contributed by atoms with Gasteiger partial charge in [-0.25, -0.2) is 9.97 Å². The van der Waals surface area contributed by atoms with Crippen LogP contribution in [0.5, 0.6) is 0 Å². The van der Waals surface area contributed by atoms with Gasteiger partial charge in [0, 0.05) is 5.69 Å². The number of aromatic nitrogens is 2. The molecule has 17 heavy (non-hydrogen) atoms. The fraction of sp³-hybridized carbons (Fsp3) is 0.167. The third-order valence-electron chi connectivity index (χ3n) is 2.40. The number of hydrogen-bond donors (Lipinski definition) is 1. The second kappa shape index (κ2) is 5.47. The summed E-state index contributed by atoms with van der Waals surface area (Å²) >= 11 is 9.28. The molecule has 0 atom stereocenters. The molecule has 2 rings (SSSR count). The summed E-state index contributed by atoms with van der Waals surface area (Å²) in [5.74, 6) is 0.672. The molecule has 0 unspecified atom stereocenters. The number of benzene rings is 1. The SMILES string of the molecule is CCc1ccccc1Nc1ncnc(Cl)c1Br. The Labute approximate surface area is 113 Å². The third kappa shape index (κ3) is 2.76. The molecule has 1 N–H and O–H groups in total. The van der Waals surface area contributed by atoms with Crippen LogP contribution in [0.25, 0.3) is 0 Å². The third-order valence-corrected chi connectivity index (χ3v) is 3.66. The van der Waals surface area contributed by atoms with Gasteiger partial charge in [0.2, 0.25) is 0 Å². The first-order chi connectivity index (χ1) is 8.22. The number of nitrogens with zero attached hydrogens (tertiary/aromatic N) is 2. The summed E-state index contributed by atoms with van der Waals surface area (Å²) in [7, 11) is 0. The Bertz CT molecular complexity index is 531. The number of rotatable bonds is 3. The van der Waals surface area contributed by atoms with E-state index in [-0.39, 0.29) is 0 Å². The van der Waals surface area contributed by atoms with Crippen LogP contribution in [0.3, 0.4) is 0 Å². The van der Waals surface area contributed by atoms with Crippen LogP contribution in [0.15, 0.2) is 35.1 Å². The molecule has 0 radical (unpaired) electrons. The van der Waals surface area contributed by atoms with Gasteiger partial charge in [0.15, 0.2) is 0 Å². The van der Waals surface area contributed by atoms with Gasteiger partial charge in [0.25, 0.3) is 0 Å². The summed E-state index contributed by atoms with van der Waals surface area (Å²) in [5, 5.41) is 3.65. The minimum atomic E-state index is 0.400. The second-order valence-electron chi connectivity index (χ2n) is 3.46. The van der Waals surface area contributed by atoms with E-state index in [0.717, 1.165) is 12.1 Å². The van der Waals surface area contributed by atoms with E-state index in [9.17, 15) is 0 Å². The molecule has 1 aromatic heterocycles. The lowest BCUT2D eigenvalue weighted by Gasteiger charge is -2.11. The van der Waals surface area contributed by atoms with Gasteiger partial charge in [-0.3, -0.25) is 0 Å². The maximum atomic E-state index is 5.92. The fourth-order valence-corrected chi connectivity index (χ4v) is 1.95. The van der Waals surface area contributed by atoms with E-state index in [4.69, 9.17) is 11.6 Å². The lowest BCUT2D eigenvalue weighted by atomic mass is 10.1. The van der Waals surface area contributed by atoms with Crippen LogP contribution >= 0.6 is 27.5 Å². The zero-order valence-corrected chi connectivity index (χ0v) is 11.6. The highest BCUT2D eigenvalue weighted by atomic mass is 79.9. The minimum Gasteiger partial charge on any atom is -0.339 e. The molecule has 1 heterocycles. The van der Waals surface area contributed by atoms with Gasteiger partial charge in [-0.05, 0) is 34.0 Å². The second-order valence-corrected chi connectivity index (χ2v) is 4.61. The van der Waals surface area contributed by atoms with Gasteiger partial charge in [0.05, 0.1) is 4.47 Å². The maximum Gasteiger partial charge on any atom is 0.149 e. The van der Waals surface area contributed by atoms with Crippen molar-refractivity contribution in [3.05, 3.63) is 45.8 Å². The normalized spacial score (nSPS) is 10.3. The van der Waals surface area contributed by atoms with E-state index in [2.05, 4.69) is 44.2 Å². The average Bonchev–Trinajstić information content (AvgIpc) is 2.35. The Balaban J connectivity index is 2.35. The molecule has 0 aliphatic heterocycles. The standard InChI is InChI=1S/C12H11BrClN3/c1-2-8-5-3-4-6-9(8)17-12-10(13)11(14)15-7-16-12/h3-7H,2H2,1H3,(H,15,16,17). The molecule has 0 aliphatic carbocycles. The fourth-order valence-electron chi connectivity index (χ4n) is 1.51. The summed E-state index contributed by atoms with van der Waals surface area (Å²) in [5.41, 5.74) is 2.26. The molecule has 88 valence electrons. The molecular weight excluding hydrogens is 302 g/mol. The summed E-state index contributed by atoms with van der Waals surface area (Å²) in [6.45, 7) is 2.11. The van der Waals surface area contributed by atoms with Gasteiger partial charge < -0.3 is 5.32 Å². The van der Waals surface area contributed by atoms with Gasteiger partial charge in [0.1, 0.15) is 17.3 Å². The van der Waals surface area contributed by atoms with E-state index in [1.165, 1.54) is 11.9 Å². The van der Waals surface area contributed by atoms with Crippen molar-refractivity contribution in [2.24, 2.45) is 0 Å². The predicted molar refractivity (Wildman–Crippen MR) is 73.8 cm³/mol. The Morgan fingerprint density at radius 1 is 1.29 bits per heavy atom. The monoisotopic (exact) mass is 311 g/mol. The van der Waals surface area contributed by atoms with Crippen molar-refractivity contribution in [2.45, 2.75) is 13.3 Å². The number of aryl methyl sites for hydroxylation is 1. The van der Waals surface area contributed by atoms with E-state index in [1.807, 2.05) is 18.2 Å². The van der Waals surface area contributed by atoms with Crippen LogP contribution in [0, 0.1) is 0 Å². The zero-order chi connectivity index (χ0) is 12.3. The molecule has 5 heteroatoms. The lowest BCUT2D eigenvalue weighted by Crippen LogP contribution is -1.99. The summed E-state index contributed by atoms with van der Waals surface area (Å²) in [6, 6.07) is 8.10. The Morgan fingerprint density at radius 3 is 2.82 bits per heavy atom. The molecule has 0 amide bonds. The highest BCUT2D eigenvalue weighted by Gasteiger charge is 2.08. The van der Waals surface area contributed by atoms with Crippen molar-refractivity contribution < 1.29 is 0 Å². The molecule has 0 saturated heterocycles. The predicted octanol–water partition coefficient (Wildman–Crippen LogP) is 4.20. The summed E-state index contributed by atoms with van der Waals surface area (Å²) in [4.78, 5) is 8.05. The van der Waals surface area contributed by atoms with Gasteiger partial charge in [-0.2, -0.15) is 0 Å². The summed E-state index contributed by atoms with van der Waals surface area (Å²) < 4.78 is 0.674. The highest BCUT2D eigenvalue weighted by Crippen LogP contribution is 2.29. The Hall–Kier alpha value is -1.13. The Kier molecular flexibility index (Phi) is 3.97. The Morgan fingerprint density at radius 2 is 2.06 bits per heavy atom. The molecule has 0 spiro atoms. The van der Waals surface area contributed by atoms with Crippen molar-refractivity contribution in [3.8, 4) is 0 Å². The average molecular weight is 313 g/mol. The molecule has 0 saturated carbocycles. The van der Waals surface area contributed by atoms with Crippen LogP contribution in [0.2, 0.25) is 5.15 Å². The molecule has 1 aromatic carbocycles. The van der Waals surface area contributed by atoms with Crippen LogP contribution in [0.1, 0.15) is 12.5 Å². The molecule has 0 fully saturated rings. The minimum absolute atomic E-state index is 0.400. The first-order valence-corrected chi connectivity index (χ1v) is 6.40. The maximum absolute atomic E-state index is 5.92. The number of hydrogen-bond acceptors (Lipinski definition) is 3. The number of halogens is 2. The summed E-state index contributed by atoms with van der Waals surface area (Å²) in [6.07, 6.45) is 2.39. The van der Waals surface area contributed by atoms with Gasteiger partial charge in [-0.1, -0.05) is 36.7 Å². The van der Waals surface area contributed by atoms with Crippen LogP contribution in [-0.4, -0.2) is 9.97 Å². The smallest absolute Gasteiger partial charge is 0.149 e. The van der Waals surface area contributed by atoms with E-state index >= 15 is 0 Å². The first-order valence-electron chi connectivity index (χ1n) is 5.23. The van der Waals surface area contributed by atoms with Crippen molar-refractivity contribution in [3.63, 3.8) is 0 Å². The van der Waals surface area contributed by atoms with Crippen LogP contribution < -0.4 is 5.32 Å². The van der Waals surface area contributed by atoms with Crippen molar-refractivity contribution in [1.29, 1.82) is 0 Å². The largest absolute Gasteiger partial charge is 0.339 e. The topological polar surface area (TPSA) is 37.8 Å². The van der Waals surface area contributed by atoms with Crippen LogP contribution in [-0.2, 0) is 6.42 Å². The molecule has 0 bridgehead atoms. The lowest BCUT2D eigenvalue weighted by molar-refractivity contribution is 1.12. The van der Waals surface area contributed by atoms with Crippen molar-refractivity contribution in [1.82, 2.24) is 9.97 Å². The first kappa shape index (κ1) is 12.3. The molecular formula is C12H11BrClN3. The quantitative estimate of drug-likeness (QED) is 0.863. The number of anilines is 2. The van der Waals surface area contributed by atoms with Crippen molar-refractivity contribution >= 4 is 39.0 Å². The number of nitrogens with one attached hydrogen (secondary N) is 1. The molecule has 2 aromatic rings. The number of para-hydroxylation sites is 1. The molecule has 0 aliphatic rings. The van der Waals surface area contributed by atoms with E-state index < -0.39 is 0 Å². The zero-order valence-electron chi connectivity index (χ0n) is 9.24. The molecule has 3 nitrogen and oxygen atoms in total. The van der Waals surface area contributed by atoms with Crippen molar-refractivity contribution in [2.75, 3.05) is 5.32 Å².